The van der Waals surface area contributed by atoms with Crippen LogP contribution in [0.15, 0.2) is 0 Å². The van der Waals surface area contributed by atoms with Gasteiger partial charge < -0.3 is 0 Å². The molecule has 0 aromatic rings. The Balaban J connectivity index is 4.87. The van der Waals surface area contributed by atoms with Crippen LogP contribution in [0.2, 0.25) is 0 Å². The van der Waals surface area contributed by atoms with E-state index in [1.165, 1.54) is 0 Å². The molecule has 0 aromatic carbocycles. The summed E-state index contributed by atoms with van der Waals surface area (Å²) in [6.07, 6.45) is 1.68. The molecular weight excluding hydrogens is 256 g/mol. The Labute approximate surface area is 125 Å². The lowest BCUT2D eigenvalue weighted by Gasteiger charge is -2.41. The summed E-state index contributed by atoms with van der Waals surface area (Å²) in [6.45, 7) is 19.9. The summed E-state index contributed by atoms with van der Waals surface area (Å²) < 4.78 is 0. The monoisotopic (exact) mass is 290 g/mol. The normalized spacial score (nSPS) is 14.7. The molecule has 0 fully saturated rings. The first kappa shape index (κ1) is 19.8. The maximum atomic E-state index is 5.64. The first-order valence-corrected chi connectivity index (χ1v) is 7.52. The second-order valence-electron chi connectivity index (χ2n) is 7.76. The fourth-order valence-electron chi connectivity index (χ4n) is 0.766. The van der Waals surface area contributed by atoms with Gasteiger partial charge in [0.05, 0.1) is 11.2 Å². The van der Waals surface area contributed by atoms with E-state index in [1.54, 1.807) is 0 Å². The van der Waals surface area contributed by atoms with Crippen molar-refractivity contribution in [3.8, 4) is 0 Å². The van der Waals surface area contributed by atoms with Gasteiger partial charge in [-0.1, -0.05) is 34.6 Å². The van der Waals surface area contributed by atoms with Crippen LogP contribution in [0.5, 0.6) is 0 Å². The van der Waals surface area contributed by atoms with Crippen molar-refractivity contribution >= 4 is 0 Å². The van der Waals surface area contributed by atoms with E-state index in [0.29, 0.717) is 0 Å². The summed E-state index contributed by atoms with van der Waals surface area (Å²) >= 11 is 0. The third-order valence-corrected chi connectivity index (χ3v) is 3.92. The smallest absolute Gasteiger partial charge is 0.228 e. The Morgan fingerprint density at radius 2 is 0.850 bits per heavy atom. The molecule has 0 aliphatic heterocycles. The molecule has 0 unspecified atom stereocenters. The van der Waals surface area contributed by atoms with Gasteiger partial charge in [-0.2, -0.15) is 9.78 Å². The highest BCUT2D eigenvalue weighted by Gasteiger charge is 2.45. The average Bonchev–Trinajstić information content (AvgIpc) is 2.33. The molecule has 0 atom stereocenters. The zero-order valence-corrected chi connectivity index (χ0v) is 15.0. The zero-order chi connectivity index (χ0) is 16.2. The van der Waals surface area contributed by atoms with E-state index in [4.69, 9.17) is 19.6 Å². The molecule has 0 amide bonds. The Morgan fingerprint density at radius 1 is 0.550 bits per heavy atom. The van der Waals surface area contributed by atoms with E-state index >= 15 is 0 Å². The number of rotatable bonds is 8. The molecule has 0 heterocycles. The minimum Gasteiger partial charge on any atom is -0.228 e. The van der Waals surface area contributed by atoms with Crippen molar-refractivity contribution in [2.45, 2.75) is 99.1 Å². The van der Waals surface area contributed by atoms with E-state index in [9.17, 15) is 0 Å². The summed E-state index contributed by atoms with van der Waals surface area (Å²) in [7, 11) is 0. The molecule has 0 radical (unpaired) electrons. The maximum Gasteiger partial charge on any atom is 0.235 e. The quantitative estimate of drug-likeness (QED) is 0.357. The minimum absolute atomic E-state index is 0.305. The van der Waals surface area contributed by atoms with Gasteiger partial charge in [-0.25, -0.2) is 9.78 Å². The van der Waals surface area contributed by atoms with Crippen LogP contribution in [0.3, 0.4) is 0 Å². The third-order valence-electron chi connectivity index (χ3n) is 3.92. The van der Waals surface area contributed by atoms with Crippen LogP contribution in [0.1, 0.15) is 82.1 Å². The molecule has 0 saturated heterocycles. The van der Waals surface area contributed by atoms with E-state index in [2.05, 4.69) is 13.8 Å². The summed E-state index contributed by atoms with van der Waals surface area (Å²) in [5, 5.41) is 0. The van der Waals surface area contributed by atoms with E-state index in [0.717, 1.165) is 12.8 Å². The van der Waals surface area contributed by atoms with Crippen molar-refractivity contribution in [1.82, 2.24) is 0 Å². The molecule has 4 heteroatoms. The van der Waals surface area contributed by atoms with Gasteiger partial charge in [-0.05, 0) is 47.5 Å². The predicted molar refractivity (Wildman–Crippen MR) is 80.9 cm³/mol. The van der Waals surface area contributed by atoms with Crippen LogP contribution < -0.4 is 0 Å². The van der Waals surface area contributed by atoms with Crippen LogP contribution in [0.4, 0.5) is 0 Å². The molecule has 0 aliphatic rings. The van der Waals surface area contributed by atoms with Crippen molar-refractivity contribution in [1.29, 1.82) is 0 Å². The van der Waals surface area contributed by atoms with Crippen molar-refractivity contribution in [3.63, 3.8) is 0 Å². The standard InChI is InChI=1S/C16H34O4/c1-11-14(6,7)17-19-16(10,13(3,4)5)20-18-15(8,9)12-2/h11-12H2,1-10H3. The van der Waals surface area contributed by atoms with Gasteiger partial charge in [-0.3, -0.25) is 0 Å². The summed E-state index contributed by atoms with van der Waals surface area (Å²) in [5.74, 6) is -0.994. The highest BCUT2D eigenvalue weighted by Crippen LogP contribution is 2.37. The molecule has 4 nitrogen and oxygen atoms in total. The number of hydrogen-bond acceptors (Lipinski definition) is 4. The molecule has 20 heavy (non-hydrogen) atoms. The zero-order valence-electron chi connectivity index (χ0n) is 15.0. The Hall–Kier alpha value is -0.160. The first-order chi connectivity index (χ1) is 8.79. The van der Waals surface area contributed by atoms with Gasteiger partial charge in [0, 0.05) is 5.41 Å². The lowest BCUT2D eigenvalue weighted by Crippen LogP contribution is -2.48. The van der Waals surface area contributed by atoms with Gasteiger partial charge in [0.2, 0.25) is 5.79 Å². The Morgan fingerprint density at radius 3 is 1.05 bits per heavy atom. The summed E-state index contributed by atoms with van der Waals surface area (Å²) in [5.41, 5.74) is -1.03. The fraction of sp³-hybridized carbons (Fsp3) is 1.00. The average molecular weight is 290 g/mol. The fourth-order valence-corrected chi connectivity index (χ4v) is 0.766. The lowest BCUT2D eigenvalue weighted by molar-refractivity contribution is -0.557. The molecule has 0 N–H and O–H groups in total. The van der Waals surface area contributed by atoms with E-state index in [-0.39, 0.29) is 16.6 Å². The first-order valence-electron chi connectivity index (χ1n) is 7.52. The molecule has 0 saturated carbocycles. The van der Waals surface area contributed by atoms with E-state index in [1.807, 2.05) is 55.4 Å². The maximum absolute atomic E-state index is 5.64. The lowest BCUT2D eigenvalue weighted by atomic mass is 9.87. The molecule has 0 aliphatic carbocycles. The minimum atomic E-state index is -0.994. The van der Waals surface area contributed by atoms with Crippen molar-refractivity contribution in [3.05, 3.63) is 0 Å². The van der Waals surface area contributed by atoms with Crippen LogP contribution >= 0.6 is 0 Å². The van der Waals surface area contributed by atoms with Crippen LogP contribution in [-0.2, 0) is 19.6 Å². The Bertz CT molecular complexity index is 269. The Kier molecular flexibility index (Phi) is 6.68. The molecule has 0 aromatic heterocycles. The highest BCUT2D eigenvalue weighted by atomic mass is 17.3. The molecular formula is C16H34O4. The largest absolute Gasteiger partial charge is 0.235 e. The van der Waals surface area contributed by atoms with Crippen molar-refractivity contribution < 1.29 is 19.6 Å². The second kappa shape index (κ2) is 6.73. The van der Waals surface area contributed by atoms with Crippen LogP contribution in [0, 0.1) is 5.41 Å². The number of hydrogen-bond donors (Lipinski definition) is 0. The SMILES string of the molecule is CCC(C)(C)OOC(C)(OOC(C)(C)CC)C(C)(C)C. The molecule has 0 bridgehead atoms. The molecule has 0 rings (SSSR count). The highest BCUT2D eigenvalue weighted by molar-refractivity contribution is 4.78. The van der Waals surface area contributed by atoms with Gasteiger partial charge in [0.15, 0.2) is 0 Å². The molecule has 122 valence electrons. The van der Waals surface area contributed by atoms with Gasteiger partial charge in [0.1, 0.15) is 0 Å². The van der Waals surface area contributed by atoms with E-state index < -0.39 is 5.79 Å². The summed E-state index contributed by atoms with van der Waals surface area (Å²) in [6, 6.07) is 0. The topological polar surface area (TPSA) is 36.9 Å². The summed E-state index contributed by atoms with van der Waals surface area (Å²) in [4.78, 5) is 22.4. The van der Waals surface area contributed by atoms with Crippen LogP contribution in [0.25, 0.3) is 0 Å². The van der Waals surface area contributed by atoms with Crippen molar-refractivity contribution in [2.24, 2.45) is 5.41 Å². The van der Waals surface area contributed by atoms with Crippen LogP contribution in [-0.4, -0.2) is 17.0 Å². The van der Waals surface area contributed by atoms with Gasteiger partial charge >= 0.3 is 0 Å². The molecule has 0 spiro atoms. The third kappa shape index (κ3) is 6.08. The van der Waals surface area contributed by atoms with Gasteiger partial charge in [0.25, 0.3) is 0 Å². The van der Waals surface area contributed by atoms with Crippen molar-refractivity contribution in [2.75, 3.05) is 0 Å². The predicted octanol–water partition coefficient (Wildman–Crippen LogP) is 5.02. The van der Waals surface area contributed by atoms with Gasteiger partial charge in [-0.15, -0.1) is 0 Å². The second-order valence-corrected chi connectivity index (χ2v) is 7.76.